The number of carbonyl (C=O) groups is 1. The van der Waals surface area contributed by atoms with Gasteiger partial charge in [-0.05, 0) is 116 Å². The second-order valence-electron chi connectivity index (χ2n) is 15.2. The summed E-state index contributed by atoms with van der Waals surface area (Å²) >= 11 is 0. The molecule has 0 radical (unpaired) electrons. The number of aliphatic hydroxyl groups is 2. The second-order valence-corrected chi connectivity index (χ2v) is 15.2. The van der Waals surface area contributed by atoms with Gasteiger partial charge in [0.05, 0.1) is 12.7 Å². The molecule has 1 aliphatic heterocycles. The van der Waals surface area contributed by atoms with Crippen molar-refractivity contribution in [2.45, 2.75) is 136 Å². The number of ketones is 1. The molecule has 1 saturated heterocycles. The normalized spacial score (nSPS) is 57.7. The maximum Gasteiger partial charge on any atom is 0.181 e. The molecule has 0 spiro atoms. The molecule has 13 atom stereocenters. The molecule has 2 N–H and O–H groups in total. The molecule has 12 unspecified atom stereocenters. The van der Waals surface area contributed by atoms with Crippen LogP contribution in [0.1, 0.15) is 112 Å². The molecule has 5 heteroatoms. The average Bonchev–Trinajstić information content (AvgIpc) is 3.28. The number of rotatable bonds is 3. The van der Waals surface area contributed by atoms with Crippen molar-refractivity contribution in [1.82, 2.24) is 0 Å². The number of ether oxygens (including phenoxy) is 2. The third kappa shape index (κ3) is 3.65. The summed E-state index contributed by atoms with van der Waals surface area (Å²) in [7, 11) is 0. The van der Waals surface area contributed by atoms with Gasteiger partial charge in [-0.25, -0.2) is 0 Å². The van der Waals surface area contributed by atoms with Crippen molar-refractivity contribution in [3.05, 3.63) is 0 Å². The van der Waals surface area contributed by atoms with Crippen LogP contribution in [0.15, 0.2) is 0 Å². The number of fused-ring (bicyclic) bond motifs is 7. The van der Waals surface area contributed by atoms with E-state index in [1.807, 2.05) is 6.92 Å². The monoisotopic (exact) mass is 516 g/mol. The molecule has 37 heavy (non-hydrogen) atoms. The van der Waals surface area contributed by atoms with Crippen molar-refractivity contribution >= 4 is 5.78 Å². The van der Waals surface area contributed by atoms with Crippen molar-refractivity contribution in [2.75, 3.05) is 6.61 Å². The lowest BCUT2D eigenvalue weighted by Crippen LogP contribution is -2.65. The Bertz CT molecular complexity index is 906. The van der Waals surface area contributed by atoms with Gasteiger partial charge >= 0.3 is 0 Å². The lowest BCUT2D eigenvalue weighted by molar-refractivity contribution is -0.295. The van der Waals surface area contributed by atoms with E-state index in [2.05, 4.69) is 27.7 Å². The van der Waals surface area contributed by atoms with Gasteiger partial charge in [0.2, 0.25) is 0 Å². The Kier molecular flexibility index (Phi) is 6.51. The molecule has 6 aliphatic rings. The number of hydrogen-bond acceptors (Lipinski definition) is 5. The third-order valence-electron chi connectivity index (χ3n) is 14.2. The van der Waals surface area contributed by atoms with Gasteiger partial charge in [0.25, 0.3) is 0 Å². The van der Waals surface area contributed by atoms with Crippen molar-refractivity contribution in [2.24, 2.45) is 51.2 Å². The van der Waals surface area contributed by atoms with E-state index in [-0.39, 0.29) is 36.3 Å². The number of aliphatic hydroxyl groups excluding tert-OH is 2. The van der Waals surface area contributed by atoms with Crippen LogP contribution in [0.4, 0.5) is 0 Å². The molecular formula is C32H52O5. The molecule has 0 aromatic rings. The van der Waals surface area contributed by atoms with Crippen LogP contribution in [0, 0.1) is 51.2 Å². The molecule has 6 fully saturated rings. The third-order valence-corrected chi connectivity index (χ3v) is 14.2. The van der Waals surface area contributed by atoms with Crippen molar-refractivity contribution in [3.8, 4) is 0 Å². The molecule has 5 saturated carbocycles. The van der Waals surface area contributed by atoms with Gasteiger partial charge in [-0.1, -0.05) is 34.1 Å². The Hall–Kier alpha value is -0.490. The van der Waals surface area contributed by atoms with E-state index in [0.717, 1.165) is 25.2 Å². The van der Waals surface area contributed by atoms with Crippen LogP contribution in [0.5, 0.6) is 0 Å². The van der Waals surface area contributed by atoms with Crippen molar-refractivity contribution in [3.63, 3.8) is 0 Å². The highest BCUT2D eigenvalue weighted by molar-refractivity contribution is 5.82. The summed E-state index contributed by atoms with van der Waals surface area (Å²) in [5.74, 6) is 3.43. The summed E-state index contributed by atoms with van der Waals surface area (Å²) in [6, 6.07) is 0. The SMILES string of the molecule is CC1OC(O)C(CC23CCCC2C2CCC4C5(C)CCC(=O)C(C)C5CCC4(C)[C@]2(C)CC3)OC1CO. The van der Waals surface area contributed by atoms with Crippen LogP contribution in [0.2, 0.25) is 0 Å². The minimum atomic E-state index is -0.902. The first-order valence-corrected chi connectivity index (χ1v) is 15.6. The molecule has 1 heterocycles. The molecule has 6 rings (SSSR count). The molecular weight excluding hydrogens is 464 g/mol. The lowest BCUT2D eigenvalue weighted by Gasteiger charge is -2.71. The van der Waals surface area contributed by atoms with E-state index in [1.165, 1.54) is 57.8 Å². The van der Waals surface area contributed by atoms with Gasteiger partial charge in [0.15, 0.2) is 6.29 Å². The quantitative estimate of drug-likeness (QED) is 0.489. The highest BCUT2D eigenvalue weighted by Gasteiger charge is 2.69. The zero-order chi connectivity index (χ0) is 26.4. The summed E-state index contributed by atoms with van der Waals surface area (Å²) in [6.07, 6.45) is 12.3. The highest BCUT2D eigenvalue weighted by Crippen LogP contribution is 2.76. The van der Waals surface area contributed by atoms with Gasteiger partial charge < -0.3 is 19.7 Å². The summed E-state index contributed by atoms with van der Waals surface area (Å²) in [4.78, 5) is 12.7. The smallest absolute Gasteiger partial charge is 0.181 e. The largest absolute Gasteiger partial charge is 0.394 e. The first-order chi connectivity index (χ1) is 17.5. The fourth-order valence-corrected chi connectivity index (χ4v) is 12.0. The zero-order valence-corrected chi connectivity index (χ0v) is 24.0. The van der Waals surface area contributed by atoms with Crippen LogP contribution in [-0.4, -0.2) is 47.2 Å². The van der Waals surface area contributed by atoms with Crippen molar-refractivity contribution < 1.29 is 24.5 Å². The van der Waals surface area contributed by atoms with Gasteiger partial charge in [0, 0.05) is 12.3 Å². The molecule has 0 aromatic heterocycles. The first-order valence-electron chi connectivity index (χ1n) is 15.6. The number of Topliss-reactive ketones (excluding diaryl/α,β-unsaturated/α-hetero) is 1. The Morgan fingerprint density at radius 3 is 2.38 bits per heavy atom. The lowest BCUT2D eigenvalue weighted by atomic mass is 9.33. The van der Waals surface area contributed by atoms with Gasteiger partial charge in [0.1, 0.15) is 18.0 Å². The predicted octanol–water partition coefficient (Wildman–Crippen LogP) is 5.89. The summed E-state index contributed by atoms with van der Waals surface area (Å²) in [6.45, 7) is 11.9. The standard InChI is InChI=1S/C32H52O5/c1-19-21-10-14-31(5)27(29(21,3)13-11-24(19)34)9-8-22-23-7-6-12-32(23,16-15-30(22,31)4)17-25-28(35)36-20(2)26(18-33)37-25/h19-23,25-28,33,35H,6-18H2,1-5H3/t19?,20?,21?,22?,23?,25?,26?,27?,28?,29?,30-,31?,32?/m1/s1. The highest BCUT2D eigenvalue weighted by atomic mass is 16.7. The predicted molar refractivity (Wildman–Crippen MR) is 143 cm³/mol. The van der Waals surface area contributed by atoms with E-state index in [1.54, 1.807) is 0 Å². The van der Waals surface area contributed by atoms with Crippen LogP contribution in [0.3, 0.4) is 0 Å². The van der Waals surface area contributed by atoms with Gasteiger partial charge in [-0.2, -0.15) is 0 Å². The van der Waals surface area contributed by atoms with E-state index in [4.69, 9.17) is 9.47 Å². The molecule has 5 nitrogen and oxygen atoms in total. The molecule has 0 aromatic carbocycles. The van der Waals surface area contributed by atoms with E-state index >= 15 is 0 Å². The number of carbonyl (C=O) groups excluding carboxylic acids is 1. The average molecular weight is 517 g/mol. The first kappa shape index (κ1) is 26.7. The summed E-state index contributed by atoms with van der Waals surface area (Å²) < 4.78 is 12.1. The van der Waals surface area contributed by atoms with Crippen LogP contribution >= 0.6 is 0 Å². The fourth-order valence-electron chi connectivity index (χ4n) is 12.0. The van der Waals surface area contributed by atoms with Crippen molar-refractivity contribution in [1.29, 1.82) is 0 Å². The van der Waals surface area contributed by atoms with Crippen LogP contribution in [-0.2, 0) is 14.3 Å². The summed E-state index contributed by atoms with van der Waals surface area (Å²) in [5, 5.41) is 20.6. The topological polar surface area (TPSA) is 76.0 Å². The second kappa shape index (κ2) is 9.01. The van der Waals surface area contributed by atoms with E-state index < -0.39 is 6.29 Å². The number of hydrogen-bond donors (Lipinski definition) is 2. The molecule has 0 bridgehead atoms. The minimum absolute atomic E-state index is 0.0643. The molecule has 5 aliphatic carbocycles. The molecule has 210 valence electrons. The Morgan fingerprint density at radius 2 is 1.62 bits per heavy atom. The van der Waals surface area contributed by atoms with Crippen LogP contribution < -0.4 is 0 Å². The van der Waals surface area contributed by atoms with E-state index in [0.29, 0.717) is 39.8 Å². The Labute approximate surface area is 224 Å². The maximum atomic E-state index is 12.7. The maximum absolute atomic E-state index is 12.7. The van der Waals surface area contributed by atoms with Gasteiger partial charge in [-0.15, -0.1) is 0 Å². The Morgan fingerprint density at radius 1 is 0.838 bits per heavy atom. The Balaban J connectivity index is 1.27. The van der Waals surface area contributed by atoms with Gasteiger partial charge in [-0.3, -0.25) is 4.79 Å². The molecule has 0 amide bonds. The fraction of sp³-hybridized carbons (Fsp3) is 0.969. The summed E-state index contributed by atoms with van der Waals surface area (Å²) in [5.41, 5.74) is 1.18. The zero-order valence-electron chi connectivity index (χ0n) is 24.0. The van der Waals surface area contributed by atoms with E-state index in [9.17, 15) is 15.0 Å². The minimum Gasteiger partial charge on any atom is -0.394 e. The van der Waals surface area contributed by atoms with Crippen LogP contribution in [0.25, 0.3) is 0 Å².